The van der Waals surface area contributed by atoms with Gasteiger partial charge in [0.1, 0.15) is 10.8 Å². The summed E-state index contributed by atoms with van der Waals surface area (Å²) < 4.78 is 42.9. The van der Waals surface area contributed by atoms with Crippen molar-refractivity contribution in [1.29, 1.82) is 0 Å². The van der Waals surface area contributed by atoms with Crippen LogP contribution in [0.4, 0.5) is 13.2 Å². The fourth-order valence-corrected chi connectivity index (χ4v) is 2.85. The molecule has 0 saturated carbocycles. The topological polar surface area (TPSA) is 58.5 Å². The highest BCUT2D eigenvalue weighted by atomic mass is 35.5. The summed E-state index contributed by atoms with van der Waals surface area (Å²) in [7, 11) is 3.11. The molecule has 2 rings (SSSR count). The molecule has 1 heterocycles. The van der Waals surface area contributed by atoms with Gasteiger partial charge in [0.05, 0.1) is 13.7 Å². The summed E-state index contributed by atoms with van der Waals surface area (Å²) in [6, 6.07) is 5.26. The number of aromatic nitrogens is 1. The highest BCUT2D eigenvalue weighted by molar-refractivity contribution is 7.09. The third-order valence-electron chi connectivity index (χ3n) is 3.17. The minimum Gasteiger partial charge on any atom is -0.496 e. The van der Waals surface area contributed by atoms with Crippen LogP contribution in [0.3, 0.4) is 0 Å². The molecule has 0 unspecified atom stereocenters. The Morgan fingerprint density at radius 1 is 1.32 bits per heavy atom. The molecule has 0 aliphatic rings. The third-order valence-corrected chi connectivity index (χ3v) is 4.25. The lowest BCUT2D eigenvalue weighted by molar-refractivity contribution is -0.140. The van der Waals surface area contributed by atoms with Gasteiger partial charge in [0.15, 0.2) is 11.7 Å². The predicted molar refractivity (Wildman–Crippen MR) is 92.2 cm³/mol. The van der Waals surface area contributed by atoms with Gasteiger partial charge in [-0.3, -0.25) is 4.99 Å². The van der Waals surface area contributed by atoms with Crippen LogP contribution in [-0.4, -0.2) is 25.1 Å². The van der Waals surface area contributed by atoms with Gasteiger partial charge < -0.3 is 15.4 Å². The van der Waals surface area contributed by atoms with Gasteiger partial charge in [0.25, 0.3) is 0 Å². The van der Waals surface area contributed by atoms with Crippen LogP contribution in [0.2, 0.25) is 5.02 Å². The average molecular weight is 393 g/mol. The van der Waals surface area contributed by atoms with Gasteiger partial charge >= 0.3 is 6.18 Å². The van der Waals surface area contributed by atoms with Crippen molar-refractivity contribution in [2.24, 2.45) is 4.99 Å². The number of nitrogens with one attached hydrogen (secondary N) is 2. The normalized spacial score (nSPS) is 12.2. The Morgan fingerprint density at radius 3 is 2.64 bits per heavy atom. The standard InChI is InChI=1S/C15H16ClF3N4OS/c1-20-14(21-6-9-3-4-10(16)5-11(9)24-2)22-7-13-23-12(8-25-13)15(17,18)19/h3-5,8H,6-7H2,1-2H3,(H2,20,21,22). The van der Waals surface area contributed by atoms with E-state index in [2.05, 4.69) is 20.6 Å². The SMILES string of the molecule is CN=C(NCc1nc(C(F)(F)F)cs1)NCc1ccc(Cl)cc1OC. The quantitative estimate of drug-likeness (QED) is 0.602. The van der Waals surface area contributed by atoms with Crippen molar-refractivity contribution in [2.45, 2.75) is 19.3 Å². The van der Waals surface area contributed by atoms with Crippen molar-refractivity contribution < 1.29 is 17.9 Å². The zero-order chi connectivity index (χ0) is 18.4. The largest absolute Gasteiger partial charge is 0.496 e. The summed E-state index contributed by atoms with van der Waals surface area (Å²) >= 11 is 6.85. The lowest BCUT2D eigenvalue weighted by atomic mass is 10.2. The number of ether oxygens (including phenoxy) is 1. The van der Waals surface area contributed by atoms with Crippen LogP contribution in [0.25, 0.3) is 0 Å². The van der Waals surface area contributed by atoms with Crippen molar-refractivity contribution >= 4 is 28.9 Å². The molecule has 1 aromatic heterocycles. The lowest BCUT2D eigenvalue weighted by Crippen LogP contribution is -2.36. The molecule has 25 heavy (non-hydrogen) atoms. The number of guanidine groups is 1. The average Bonchev–Trinajstić information content (AvgIpc) is 3.05. The summed E-state index contributed by atoms with van der Waals surface area (Å²) in [4.78, 5) is 7.59. The number of alkyl halides is 3. The smallest absolute Gasteiger partial charge is 0.434 e. The number of thiazole rings is 1. The van der Waals surface area contributed by atoms with Crippen molar-refractivity contribution in [1.82, 2.24) is 15.6 Å². The van der Waals surface area contributed by atoms with E-state index in [1.807, 2.05) is 6.07 Å². The molecule has 0 bridgehead atoms. The Hall–Kier alpha value is -2.00. The van der Waals surface area contributed by atoms with E-state index in [1.54, 1.807) is 26.3 Å². The van der Waals surface area contributed by atoms with E-state index < -0.39 is 11.9 Å². The second-order valence-electron chi connectivity index (χ2n) is 4.86. The molecule has 136 valence electrons. The first-order valence-electron chi connectivity index (χ1n) is 7.12. The number of aliphatic imine (C=N–C) groups is 1. The molecule has 0 spiro atoms. The fourth-order valence-electron chi connectivity index (χ4n) is 1.95. The van der Waals surface area contributed by atoms with E-state index in [0.717, 1.165) is 22.3 Å². The van der Waals surface area contributed by atoms with Crippen LogP contribution in [-0.2, 0) is 19.3 Å². The number of benzene rings is 1. The van der Waals surface area contributed by atoms with Crippen molar-refractivity contribution in [3.63, 3.8) is 0 Å². The van der Waals surface area contributed by atoms with E-state index in [9.17, 15) is 13.2 Å². The molecule has 1 aromatic carbocycles. The summed E-state index contributed by atoms with van der Waals surface area (Å²) in [6.07, 6.45) is -4.43. The molecule has 0 radical (unpaired) electrons. The minimum absolute atomic E-state index is 0.137. The van der Waals surface area contributed by atoms with Crippen LogP contribution < -0.4 is 15.4 Å². The number of hydrogen-bond donors (Lipinski definition) is 2. The zero-order valence-corrected chi connectivity index (χ0v) is 15.0. The molecule has 2 N–H and O–H groups in total. The predicted octanol–water partition coefficient (Wildman–Crippen LogP) is 3.69. The van der Waals surface area contributed by atoms with E-state index in [-0.39, 0.29) is 6.54 Å². The Morgan fingerprint density at radius 2 is 2.04 bits per heavy atom. The Kier molecular flexibility index (Phi) is 6.49. The summed E-state index contributed by atoms with van der Waals surface area (Å²) in [5.41, 5.74) is -0.0217. The highest BCUT2D eigenvalue weighted by Gasteiger charge is 2.33. The molecule has 5 nitrogen and oxygen atoms in total. The second kappa shape index (κ2) is 8.39. The second-order valence-corrected chi connectivity index (χ2v) is 6.24. The highest BCUT2D eigenvalue weighted by Crippen LogP contribution is 2.29. The van der Waals surface area contributed by atoms with Crippen molar-refractivity contribution in [3.05, 3.63) is 44.9 Å². The van der Waals surface area contributed by atoms with Gasteiger partial charge in [0, 0.05) is 29.6 Å². The van der Waals surface area contributed by atoms with E-state index in [1.165, 1.54) is 0 Å². The van der Waals surface area contributed by atoms with Gasteiger partial charge in [0.2, 0.25) is 0 Å². The van der Waals surface area contributed by atoms with Crippen molar-refractivity contribution in [3.8, 4) is 5.75 Å². The molecular formula is C15H16ClF3N4OS. The first-order valence-corrected chi connectivity index (χ1v) is 8.37. The Bertz CT molecular complexity index is 749. The lowest BCUT2D eigenvalue weighted by Gasteiger charge is -2.13. The Balaban J connectivity index is 1.92. The first kappa shape index (κ1) is 19.3. The Labute approximate surface area is 151 Å². The molecule has 0 amide bonds. The number of methoxy groups -OCH3 is 1. The third kappa shape index (κ3) is 5.50. The maximum atomic E-state index is 12.5. The van der Waals surface area contributed by atoms with Gasteiger partial charge in [-0.2, -0.15) is 13.2 Å². The summed E-state index contributed by atoms with van der Waals surface area (Å²) in [6.45, 7) is 0.545. The van der Waals surface area contributed by atoms with Crippen LogP contribution in [0.1, 0.15) is 16.3 Å². The number of nitrogens with zero attached hydrogens (tertiary/aromatic N) is 2. The molecule has 0 atom stereocenters. The monoisotopic (exact) mass is 392 g/mol. The molecule has 0 saturated heterocycles. The van der Waals surface area contributed by atoms with Gasteiger partial charge in [-0.1, -0.05) is 17.7 Å². The molecule has 0 aliphatic heterocycles. The molecule has 2 aromatic rings. The molecule has 0 fully saturated rings. The van der Waals surface area contributed by atoms with Crippen LogP contribution in [0.5, 0.6) is 5.75 Å². The van der Waals surface area contributed by atoms with Crippen LogP contribution in [0, 0.1) is 0 Å². The van der Waals surface area contributed by atoms with Gasteiger partial charge in [-0.15, -0.1) is 11.3 Å². The van der Waals surface area contributed by atoms with E-state index in [4.69, 9.17) is 16.3 Å². The molecule has 10 heteroatoms. The minimum atomic E-state index is -4.43. The van der Waals surface area contributed by atoms with Gasteiger partial charge in [-0.25, -0.2) is 4.98 Å². The fraction of sp³-hybridized carbons (Fsp3) is 0.333. The molecule has 0 aliphatic carbocycles. The van der Waals surface area contributed by atoms with Gasteiger partial charge in [-0.05, 0) is 12.1 Å². The summed E-state index contributed by atoms with van der Waals surface area (Å²) in [5.74, 6) is 1.06. The number of hydrogen-bond acceptors (Lipinski definition) is 4. The van der Waals surface area contributed by atoms with E-state index in [0.29, 0.717) is 28.3 Å². The van der Waals surface area contributed by atoms with Crippen molar-refractivity contribution in [2.75, 3.05) is 14.2 Å². The van der Waals surface area contributed by atoms with Crippen LogP contribution >= 0.6 is 22.9 Å². The van der Waals surface area contributed by atoms with E-state index >= 15 is 0 Å². The maximum Gasteiger partial charge on any atom is 0.434 e. The first-order chi connectivity index (χ1) is 11.8. The number of rotatable bonds is 5. The zero-order valence-electron chi connectivity index (χ0n) is 13.4. The molecular weight excluding hydrogens is 377 g/mol. The summed E-state index contributed by atoms with van der Waals surface area (Å²) in [5, 5.41) is 7.85. The number of halogens is 4. The maximum absolute atomic E-state index is 12.5. The van der Waals surface area contributed by atoms with Crippen LogP contribution in [0.15, 0.2) is 28.6 Å².